The van der Waals surface area contributed by atoms with Gasteiger partial charge in [-0.1, -0.05) is 75.6 Å². The Morgan fingerprint density at radius 3 is 2.61 bits per heavy atom. The molecule has 0 aliphatic carbocycles. The zero-order chi connectivity index (χ0) is 26.2. The first-order chi connectivity index (χ1) is 17.6. The lowest BCUT2D eigenvalue weighted by Gasteiger charge is -2.14. The molecule has 1 N–H and O–H groups in total. The molecule has 0 aliphatic heterocycles. The van der Waals surface area contributed by atoms with Crippen LogP contribution < -0.4 is 14.8 Å². The van der Waals surface area contributed by atoms with Crippen LogP contribution in [0.2, 0.25) is 0 Å². The van der Waals surface area contributed by atoms with Crippen molar-refractivity contribution in [2.75, 3.05) is 19.0 Å². The van der Waals surface area contributed by atoms with Gasteiger partial charge in [0.25, 0.3) is 0 Å². The van der Waals surface area contributed by atoms with Gasteiger partial charge in [0, 0.05) is 25.3 Å². The molecule has 0 radical (unpaired) electrons. The second kappa shape index (κ2) is 16.0. The van der Waals surface area contributed by atoms with E-state index in [2.05, 4.69) is 53.5 Å². The summed E-state index contributed by atoms with van der Waals surface area (Å²) in [7, 11) is 1.69. The topological polar surface area (TPSA) is 30.5 Å². The third-order valence-electron chi connectivity index (χ3n) is 5.12. The lowest BCUT2D eigenvalue weighted by atomic mass is 10.0. The van der Waals surface area contributed by atoms with Crippen LogP contribution in [0.15, 0.2) is 120 Å². The zero-order valence-electron chi connectivity index (χ0n) is 21.8. The molecule has 1 aromatic heterocycles. The lowest BCUT2D eigenvalue weighted by Crippen LogP contribution is -2.04. The molecule has 3 aromatic rings. The van der Waals surface area contributed by atoms with Crippen LogP contribution >= 0.6 is 11.3 Å². The molecule has 190 valence electrons. The molecule has 36 heavy (non-hydrogen) atoms. The first-order valence-corrected chi connectivity index (χ1v) is 13.1. The van der Waals surface area contributed by atoms with Crippen molar-refractivity contribution in [2.45, 2.75) is 27.2 Å². The number of rotatable bonds is 12. The van der Waals surface area contributed by atoms with Crippen LogP contribution in [0.25, 0.3) is 5.57 Å². The van der Waals surface area contributed by atoms with Crippen molar-refractivity contribution < 1.29 is 10.9 Å². The number of hydrogen-bond donors (Lipinski definition) is 1. The minimum Gasteiger partial charge on any atom is -0.496 e. The predicted molar refractivity (Wildman–Crippen MR) is 160 cm³/mol. The Balaban J connectivity index is 0.00000223. The third kappa shape index (κ3) is 8.79. The number of allylic oxidation sites excluding steroid dienone is 6. The molecule has 0 saturated heterocycles. The highest BCUT2D eigenvalue weighted by atomic mass is 32.1. The van der Waals surface area contributed by atoms with E-state index in [0.29, 0.717) is 6.61 Å². The molecule has 0 unspecified atom stereocenters. The molecule has 4 heteroatoms. The monoisotopic (exact) mass is 501 g/mol. The quantitative estimate of drug-likeness (QED) is 0.251. The Labute approximate surface area is 222 Å². The minimum atomic E-state index is 0. The molecule has 2 aromatic carbocycles. The summed E-state index contributed by atoms with van der Waals surface area (Å²) in [4.78, 5) is 0. The van der Waals surface area contributed by atoms with Crippen molar-refractivity contribution in [3.8, 4) is 11.5 Å². The van der Waals surface area contributed by atoms with Gasteiger partial charge in [-0.25, -0.2) is 0 Å². The van der Waals surface area contributed by atoms with Gasteiger partial charge >= 0.3 is 0 Å². The van der Waals surface area contributed by atoms with Crippen molar-refractivity contribution in [3.05, 3.63) is 131 Å². The highest BCUT2D eigenvalue weighted by Gasteiger charge is 2.06. The van der Waals surface area contributed by atoms with Crippen molar-refractivity contribution in [1.82, 2.24) is 0 Å². The van der Waals surface area contributed by atoms with Crippen LogP contribution in [0.3, 0.4) is 0 Å². The summed E-state index contributed by atoms with van der Waals surface area (Å²) >= 11 is 1.68. The van der Waals surface area contributed by atoms with E-state index in [4.69, 9.17) is 9.47 Å². The van der Waals surface area contributed by atoms with Crippen molar-refractivity contribution >= 4 is 22.6 Å². The lowest BCUT2D eigenvalue weighted by molar-refractivity contribution is 0.318. The average Bonchev–Trinajstić information content (AvgIpc) is 3.45. The summed E-state index contributed by atoms with van der Waals surface area (Å²) in [6.45, 7) is 14.7. The second-order valence-electron chi connectivity index (χ2n) is 7.51. The van der Waals surface area contributed by atoms with Gasteiger partial charge in [0.2, 0.25) is 0 Å². The Morgan fingerprint density at radius 1 is 1.11 bits per heavy atom. The molecule has 3 rings (SSSR count). The highest BCUT2D eigenvalue weighted by Crippen LogP contribution is 2.26. The fourth-order valence-electron chi connectivity index (χ4n) is 3.46. The largest absolute Gasteiger partial charge is 0.496 e. The maximum absolute atomic E-state index is 6.01. The van der Waals surface area contributed by atoms with Gasteiger partial charge < -0.3 is 14.8 Å². The number of thiophene rings is 1. The van der Waals surface area contributed by atoms with Gasteiger partial charge in [0.1, 0.15) is 11.5 Å². The van der Waals surface area contributed by atoms with Gasteiger partial charge in [0.05, 0.1) is 13.7 Å². The van der Waals surface area contributed by atoms with Crippen LogP contribution in [0.5, 0.6) is 11.5 Å². The summed E-state index contributed by atoms with van der Waals surface area (Å²) in [5.74, 6) is 1.68. The van der Waals surface area contributed by atoms with E-state index in [0.717, 1.165) is 46.0 Å². The van der Waals surface area contributed by atoms with Crippen molar-refractivity contribution in [2.24, 2.45) is 0 Å². The maximum Gasteiger partial charge on any atom is 0.122 e. The fourth-order valence-corrected chi connectivity index (χ4v) is 4.13. The molecule has 0 amide bonds. The van der Waals surface area contributed by atoms with E-state index in [9.17, 15) is 0 Å². The summed E-state index contributed by atoms with van der Waals surface area (Å²) in [5.41, 5.74) is 6.07. The fraction of sp³-hybridized carbons (Fsp3) is 0.188. The SMILES string of the molecule is C=C/C=C(/C=C(\C=C/C)c1ccsc1)C(=C)Nc1cccc(OCCc2ccccc2OC)c1.CC.[HH]. The molecular weight excluding hydrogens is 462 g/mol. The van der Waals surface area contributed by atoms with Gasteiger partial charge in [-0.3, -0.25) is 0 Å². The number of nitrogens with one attached hydrogen (secondary N) is 1. The third-order valence-corrected chi connectivity index (χ3v) is 5.80. The zero-order valence-corrected chi connectivity index (χ0v) is 22.6. The summed E-state index contributed by atoms with van der Waals surface area (Å²) in [6.07, 6.45) is 10.8. The number of ether oxygens (including phenoxy) is 2. The standard InChI is InChI=1S/C30H31NO2S.C2H6.H2/c1-5-10-25(20-26(11-6-2)27-17-19-34-22-27)23(3)31-28-13-9-14-29(21-28)33-18-16-24-12-7-8-15-30(24)32-4;1-2;/h5-15,17,19-22,31H,1,3,16,18H2,2,4H3;1-2H3;1H/b11-6-,25-10-,26-20+;;. The number of para-hydroxylation sites is 1. The smallest absolute Gasteiger partial charge is 0.122 e. The minimum absolute atomic E-state index is 0. The van der Waals surface area contributed by atoms with E-state index in [1.807, 2.05) is 75.4 Å². The summed E-state index contributed by atoms with van der Waals surface area (Å²) < 4.78 is 11.4. The van der Waals surface area contributed by atoms with Gasteiger partial charge in [-0.05, 0) is 70.3 Å². The van der Waals surface area contributed by atoms with E-state index in [1.165, 1.54) is 5.56 Å². The average molecular weight is 502 g/mol. The normalized spacial score (nSPS) is 11.4. The van der Waals surface area contributed by atoms with Crippen LogP contribution in [0, 0.1) is 0 Å². The molecule has 0 spiro atoms. The van der Waals surface area contributed by atoms with E-state index in [-0.39, 0.29) is 1.43 Å². The number of benzene rings is 2. The first-order valence-electron chi connectivity index (χ1n) is 12.2. The van der Waals surface area contributed by atoms with Crippen LogP contribution in [-0.2, 0) is 6.42 Å². The molecule has 0 atom stereocenters. The Kier molecular flexibility index (Phi) is 12.7. The first kappa shape index (κ1) is 28.5. The number of methoxy groups -OCH3 is 1. The van der Waals surface area contributed by atoms with E-state index >= 15 is 0 Å². The predicted octanol–water partition coefficient (Wildman–Crippen LogP) is 9.35. The Bertz CT molecular complexity index is 1190. The molecule has 0 bridgehead atoms. The maximum atomic E-state index is 6.01. The van der Waals surface area contributed by atoms with Crippen molar-refractivity contribution in [1.29, 1.82) is 0 Å². The summed E-state index contributed by atoms with van der Waals surface area (Å²) in [6, 6.07) is 18.0. The van der Waals surface area contributed by atoms with Gasteiger partial charge in [-0.15, -0.1) is 0 Å². The molecule has 1 heterocycles. The summed E-state index contributed by atoms with van der Waals surface area (Å²) in [5, 5.41) is 7.63. The molecule has 3 nitrogen and oxygen atoms in total. The molecule has 0 saturated carbocycles. The van der Waals surface area contributed by atoms with Gasteiger partial charge in [0.15, 0.2) is 0 Å². The van der Waals surface area contributed by atoms with Crippen molar-refractivity contribution in [3.63, 3.8) is 0 Å². The number of anilines is 1. The Morgan fingerprint density at radius 2 is 1.92 bits per heavy atom. The van der Waals surface area contributed by atoms with Crippen LogP contribution in [0.4, 0.5) is 5.69 Å². The Hall–Kier alpha value is -3.76. The molecule has 0 fully saturated rings. The highest BCUT2D eigenvalue weighted by molar-refractivity contribution is 7.08. The molecule has 0 aliphatic rings. The van der Waals surface area contributed by atoms with Gasteiger partial charge in [-0.2, -0.15) is 11.3 Å². The molecular formula is C32H39NO2S. The van der Waals surface area contributed by atoms with E-state index < -0.39 is 0 Å². The van der Waals surface area contributed by atoms with Crippen LogP contribution in [-0.4, -0.2) is 13.7 Å². The van der Waals surface area contributed by atoms with Crippen LogP contribution in [0.1, 0.15) is 33.3 Å². The second-order valence-corrected chi connectivity index (χ2v) is 8.29. The number of hydrogen-bond acceptors (Lipinski definition) is 4. The van der Waals surface area contributed by atoms with E-state index in [1.54, 1.807) is 24.5 Å².